The van der Waals surface area contributed by atoms with Gasteiger partial charge in [-0.3, -0.25) is 4.90 Å². The molecule has 2 aromatic heterocycles. The van der Waals surface area contributed by atoms with Crippen LogP contribution in [0.25, 0.3) is 12.0 Å². The zero-order chi connectivity index (χ0) is 24.1. The zero-order valence-corrected chi connectivity index (χ0v) is 20.0. The van der Waals surface area contributed by atoms with Crippen molar-refractivity contribution in [2.24, 2.45) is 0 Å². The minimum atomic E-state index is -0.561. The summed E-state index contributed by atoms with van der Waals surface area (Å²) in [5.41, 5.74) is 8.11. The number of nitrogen functional groups attached to an aromatic ring is 1. The Kier molecular flexibility index (Phi) is 8.90. The molecule has 0 unspecified atom stereocenters. The zero-order valence-electron chi connectivity index (χ0n) is 19.2. The number of nitrogens with two attached hydrogens (primary N) is 1. The summed E-state index contributed by atoms with van der Waals surface area (Å²) >= 11 is 0. The van der Waals surface area contributed by atoms with Gasteiger partial charge in [0.25, 0.3) is 5.95 Å². The van der Waals surface area contributed by atoms with E-state index in [1.54, 1.807) is 10.9 Å². The Morgan fingerprint density at radius 1 is 1.09 bits per heavy atom. The fourth-order valence-corrected chi connectivity index (χ4v) is 3.75. The van der Waals surface area contributed by atoms with Crippen LogP contribution in [-0.4, -0.2) is 80.6 Å². The normalized spacial score (nSPS) is 14.3. The molecule has 1 saturated heterocycles. The Morgan fingerprint density at radius 3 is 2.49 bits per heavy atom. The lowest BCUT2D eigenvalue weighted by atomic mass is 10.2. The summed E-state index contributed by atoms with van der Waals surface area (Å²) in [6.45, 7) is 5.84. The first-order valence-electron chi connectivity index (χ1n) is 10.9. The molecule has 0 aliphatic carbocycles. The van der Waals surface area contributed by atoms with E-state index in [0.717, 1.165) is 37.0 Å². The van der Waals surface area contributed by atoms with E-state index >= 15 is 0 Å². The molecule has 4 rings (SSSR count). The van der Waals surface area contributed by atoms with Gasteiger partial charge in [-0.25, -0.2) is 13.5 Å². The van der Waals surface area contributed by atoms with E-state index in [0.29, 0.717) is 25.3 Å². The molecule has 10 nitrogen and oxygen atoms in total. The van der Waals surface area contributed by atoms with Gasteiger partial charge in [0.15, 0.2) is 0 Å². The maximum absolute atomic E-state index is 13.5. The van der Waals surface area contributed by atoms with Crippen molar-refractivity contribution in [2.45, 2.75) is 6.92 Å². The molecule has 0 bridgehead atoms. The van der Waals surface area contributed by atoms with Crippen molar-refractivity contribution in [1.82, 2.24) is 29.6 Å². The average molecular weight is 508 g/mol. The number of aliphatic hydroxyl groups excluding tert-OH is 1. The van der Waals surface area contributed by atoms with Gasteiger partial charge in [0.2, 0.25) is 11.9 Å². The lowest BCUT2D eigenvalue weighted by Crippen LogP contribution is -2.46. The van der Waals surface area contributed by atoms with Crippen molar-refractivity contribution < 1.29 is 13.9 Å². The monoisotopic (exact) mass is 507 g/mol. The quantitative estimate of drug-likeness (QED) is 0.419. The third-order valence-corrected chi connectivity index (χ3v) is 5.52. The first kappa shape index (κ1) is 26.3. The molecule has 3 aromatic rings. The van der Waals surface area contributed by atoms with Crippen LogP contribution in [-0.2, 0) is 0 Å². The molecule has 1 fully saturated rings. The molecule has 1 aliphatic rings. The van der Waals surface area contributed by atoms with Gasteiger partial charge in [-0.15, -0.1) is 12.4 Å². The van der Waals surface area contributed by atoms with Crippen LogP contribution in [0.4, 0.5) is 26.4 Å². The van der Waals surface area contributed by atoms with Crippen molar-refractivity contribution in [1.29, 1.82) is 0 Å². The summed E-state index contributed by atoms with van der Waals surface area (Å²) in [7, 11) is 0. The molecule has 0 amide bonds. The highest BCUT2D eigenvalue weighted by Gasteiger charge is 2.18. The fourth-order valence-electron chi connectivity index (χ4n) is 3.75. The summed E-state index contributed by atoms with van der Waals surface area (Å²) in [5, 5.41) is 16.2. The van der Waals surface area contributed by atoms with Gasteiger partial charge >= 0.3 is 0 Å². The van der Waals surface area contributed by atoms with E-state index in [2.05, 4.69) is 36.3 Å². The molecule has 4 N–H and O–H groups in total. The second kappa shape index (κ2) is 11.9. The summed E-state index contributed by atoms with van der Waals surface area (Å²) in [4.78, 5) is 16.7. The highest BCUT2D eigenvalue weighted by molar-refractivity contribution is 5.85. The number of aromatic nitrogens is 5. The van der Waals surface area contributed by atoms with E-state index in [9.17, 15) is 8.78 Å². The van der Waals surface area contributed by atoms with Crippen LogP contribution in [0.15, 0.2) is 30.5 Å². The molecule has 0 saturated carbocycles. The second-order valence-electron chi connectivity index (χ2n) is 7.88. The lowest BCUT2D eigenvalue weighted by molar-refractivity contribution is 0.284. The lowest BCUT2D eigenvalue weighted by Gasteiger charge is -2.35. The molecular weight excluding hydrogens is 480 g/mol. The van der Waals surface area contributed by atoms with Gasteiger partial charge in [0, 0.05) is 56.6 Å². The maximum Gasteiger partial charge on any atom is 0.257 e. The van der Waals surface area contributed by atoms with Crippen molar-refractivity contribution in [3.63, 3.8) is 0 Å². The Balaban J connectivity index is 0.00000342. The van der Waals surface area contributed by atoms with Crippen LogP contribution in [0.5, 0.6) is 0 Å². The summed E-state index contributed by atoms with van der Waals surface area (Å²) in [6.07, 6.45) is 5.77. The summed E-state index contributed by atoms with van der Waals surface area (Å²) in [6, 6.07) is 3.62. The molecule has 3 heterocycles. The van der Waals surface area contributed by atoms with Crippen molar-refractivity contribution >= 4 is 36.1 Å². The Bertz CT molecular complexity index is 1150. The smallest absolute Gasteiger partial charge is 0.257 e. The molecule has 0 spiro atoms. The molecule has 0 atom stereocenters. The SMILES string of the molecule is Cc1c(/C=C/CN2CCN(c3cc(F)cc(F)c3)CC2)cnn1-c1nc(N)nc(NCCO)n1.Cl. The molecular formula is C22H28ClF2N9O. The number of anilines is 3. The van der Waals surface area contributed by atoms with Crippen LogP contribution in [0, 0.1) is 18.6 Å². The van der Waals surface area contributed by atoms with E-state index in [1.807, 2.05) is 17.9 Å². The van der Waals surface area contributed by atoms with Gasteiger partial charge in [0.1, 0.15) is 11.6 Å². The molecule has 188 valence electrons. The number of halogens is 3. The fraction of sp³-hybridized carbons (Fsp3) is 0.364. The second-order valence-corrected chi connectivity index (χ2v) is 7.88. The Labute approximate surface area is 207 Å². The van der Waals surface area contributed by atoms with E-state index in [4.69, 9.17) is 10.8 Å². The number of benzene rings is 1. The average Bonchev–Trinajstić information content (AvgIpc) is 3.17. The maximum atomic E-state index is 13.5. The molecule has 13 heteroatoms. The minimum Gasteiger partial charge on any atom is -0.395 e. The Morgan fingerprint density at radius 2 is 1.80 bits per heavy atom. The number of hydrogen-bond donors (Lipinski definition) is 3. The van der Waals surface area contributed by atoms with Gasteiger partial charge < -0.3 is 21.1 Å². The molecule has 1 aliphatic heterocycles. The van der Waals surface area contributed by atoms with Crippen LogP contribution in [0.2, 0.25) is 0 Å². The Hall–Kier alpha value is -3.35. The van der Waals surface area contributed by atoms with Gasteiger partial charge in [-0.1, -0.05) is 12.2 Å². The molecule has 1 aromatic carbocycles. The highest BCUT2D eigenvalue weighted by Crippen LogP contribution is 2.20. The third-order valence-electron chi connectivity index (χ3n) is 5.52. The van der Waals surface area contributed by atoms with Crippen molar-refractivity contribution in [2.75, 3.05) is 61.8 Å². The first-order valence-corrected chi connectivity index (χ1v) is 10.9. The van der Waals surface area contributed by atoms with Crippen LogP contribution < -0.4 is 16.0 Å². The third kappa shape index (κ3) is 6.62. The van der Waals surface area contributed by atoms with Crippen molar-refractivity contribution in [3.8, 4) is 5.95 Å². The molecule has 0 radical (unpaired) electrons. The van der Waals surface area contributed by atoms with Crippen molar-refractivity contribution in [3.05, 3.63) is 53.4 Å². The van der Waals surface area contributed by atoms with Crippen LogP contribution >= 0.6 is 12.4 Å². The number of nitrogens with zero attached hydrogens (tertiary/aromatic N) is 7. The van der Waals surface area contributed by atoms with E-state index in [1.165, 1.54) is 12.1 Å². The predicted molar refractivity (Wildman–Crippen MR) is 133 cm³/mol. The summed E-state index contributed by atoms with van der Waals surface area (Å²) < 4.78 is 28.6. The largest absolute Gasteiger partial charge is 0.395 e. The first-order chi connectivity index (χ1) is 16.4. The highest BCUT2D eigenvalue weighted by atomic mass is 35.5. The van der Waals surface area contributed by atoms with Crippen LogP contribution in [0.3, 0.4) is 0 Å². The van der Waals surface area contributed by atoms with E-state index in [-0.39, 0.29) is 36.9 Å². The predicted octanol–water partition coefficient (Wildman–Crippen LogP) is 1.89. The number of piperazine rings is 1. The van der Waals surface area contributed by atoms with Gasteiger partial charge in [-0.05, 0) is 19.1 Å². The van der Waals surface area contributed by atoms with E-state index < -0.39 is 11.6 Å². The van der Waals surface area contributed by atoms with Crippen LogP contribution in [0.1, 0.15) is 11.3 Å². The standard InChI is InChI=1S/C22H27F2N9O.ClH/c1-15-16(14-27-33(15)22-29-20(25)28-21(30-22)26-4-10-34)3-2-5-31-6-8-32(9-7-31)19-12-17(23)11-18(24)13-19;/h2-3,11-14,34H,4-10H2,1H3,(H3,25,26,28,29,30);1H/b3-2+;. The molecule has 35 heavy (non-hydrogen) atoms. The van der Waals surface area contributed by atoms with Gasteiger partial charge in [0.05, 0.1) is 18.5 Å². The number of nitrogens with one attached hydrogen (secondary N) is 1. The summed E-state index contributed by atoms with van der Waals surface area (Å²) in [5.74, 6) is -0.515. The van der Waals surface area contributed by atoms with Gasteiger partial charge in [-0.2, -0.15) is 20.1 Å². The minimum absolute atomic E-state index is 0. The number of aliphatic hydroxyl groups is 1. The number of hydrogen-bond acceptors (Lipinski definition) is 9. The topological polar surface area (TPSA) is 121 Å². The number of rotatable bonds is 8.